The first-order chi connectivity index (χ1) is 8.72. The van der Waals surface area contributed by atoms with Gasteiger partial charge in [0.05, 0.1) is 0 Å². The zero-order valence-electron chi connectivity index (χ0n) is 11.9. The van der Waals surface area contributed by atoms with E-state index >= 15 is 0 Å². The zero-order valence-corrected chi connectivity index (χ0v) is 11.9. The summed E-state index contributed by atoms with van der Waals surface area (Å²) in [5.41, 5.74) is 6.01. The zero-order chi connectivity index (χ0) is 12.5. The van der Waals surface area contributed by atoms with Gasteiger partial charge in [-0.05, 0) is 57.9 Å². The summed E-state index contributed by atoms with van der Waals surface area (Å²) in [6.07, 6.45) is 8.07. The van der Waals surface area contributed by atoms with E-state index in [4.69, 9.17) is 5.73 Å². The van der Waals surface area contributed by atoms with Crippen molar-refractivity contribution in [3.8, 4) is 0 Å². The number of rotatable bonds is 2. The molecule has 0 radical (unpaired) electrons. The van der Waals surface area contributed by atoms with E-state index in [1.54, 1.807) is 0 Å². The molecular formula is C15H29N3. The Morgan fingerprint density at radius 1 is 1.06 bits per heavy atom. The van der Waals surface area contributed by atoms with Crippen molar-refractivity contribution in [2.24, 2.45) is 11.7 Å². The van der Waals surface area contributed by atoms with Gasteiger partial charge in [-0.25, -0.2) is 0 Å². The molecule has 3 heteroatoms. The molecule has 2 N–H and O–H groups in total. The number of hydrogen-bond donors (Lipinski definition) is 1. The number of hydrogen-bond acceptors (Lipinski definition) is 3. The second-order valence-corrected chi connectivity index (χ2v) is 6.87. The molecule has 2 atom stereocenters. The van der Waals surface area contributed by atoms with Gasteiger partial charge >= 0.3 is 0 Å². The normalized spacial score (nSPS) is 43.0. The molecule has 2 heterocycles. The van der Waals surface area contributed by atoms with Crippen LogP contribution >= 0.6 is 0 Å². The van der Waals surface area contributed by atoms with Crippen LogP contribution < -0.4 is 5.73 Å². The van der Waals surface area contributed by atoms with Crippen molar-refractivity contribution < 1.29 is 0 Å². The molecule has 1 saturated carbocycles. The fourth-order valence-corrected chi connectivity index (χ4v) is 4.20. The lowest BCUT2D eigenvalue weighted by atomic mass is 9.85. The maximum absolute atomic E-state index is 6.01. The Kier molecular flexibility index (Phi) is 3.92. The molecule has 0 aromatic carbocycles. The topological polar surface area (TPSA) is 32.5 Å². The standard InChI is InChI=1S/C15H29N3/c1-12-9-17-8-2-3-15(17)11-18(12)10-13-4-6-14(16)7-5-13/h12-15H,2-11,16H2,1H3. The molecule has 3 rings (SSSR count). The Labute approximate surface area is 112 Å². The summed E-state index contributed by atoms with van der Waals surface area (Å²) in [4.78, 5) is 5.49. The molecular weight excluding hydrogens is 222 g/mol. The average molecular weight is 251 g/mol. The Morgan fingerprint density at radius 2 is 1.83 bits per heavy atom. The van der Waals surface area contributed by atoms with Crippen LogP contribution in [-0.4, -0.2) is 54.1 Å². The van der Waals surface area contributed by atoms with Crippen molar-refractivity contribution in [2.45, 2.75) is 63.6 Å². The highest BCUT2D eigenvalue weighted by Crippen LogP contribution is 2.28. The lowest BCUT2D eigenvalue weighted by molar-refractivity contribution is 0.0427. The van der Waals surface area contributed by atoms with Gasteiger partial charge in [-0.1, -0.05) is 0 Å². The predicted octanol–water partition coefficient (Wildman–Crippen LogP) is 1.67. The number of nitrogens with zero attached hydrogens (tertiary/aromatic N) is 2. The molecule has 2 unspecified atom stereocenters. The minimum atomic E-state index is 0.491. The summed E-state index contributed by atoms with van der Waals surface area (Å²) in [5.74, 6) is 0.917. The van der Waals surface area contributed by atoms with E-state index < -0.39 is 0 Å². The van der Waals surface area contributed by atoms with Crippen molar-refractivity contribution in [3.05, 3.63) is 0 Å². The summed E-state index contributed by atoms with van der Waals surface area (Å²) in [5, 5.41) is 0. The highest BCUT2D eigenvalue weighted by Gasteiger charge is 2.35. The van der Waals surface area contributed by atoms with E-state index in [9.17, 15) is 0 Å². The smallest absolute Gasteiger partial charge is 0.0224 e. The monoisotopic (exact) mass is 251 g/mol. The first kappa shape index (κ1) is 12.9. The van der Waals surface area contributed by atoms with Crippen molar-refractivity contribution in [1.29, 1.82) is 0 Å². The van der Waals surface area contributed by atoms with Crippen LogP contribution in [0.2, 0.25) is 0 Å². The Bertz CT molecular complexity index is 273. The first-order valence-electron chi connectivity index (χ1n) is 7.96. The van der Waals surface area contributed by atoms with E-state index in [0.29, 0.717) is 6.04 Å². The van der Waals surface area contributed by atoms with Crippen molar-refractivity contribution >= 4 is 0 Å². The van der Waals surface area contributed by atoms with E-state index in [0.717, 1.165) is 18.0 Å². The van der Waals surface area contributed by atoms with Crippen LogP contribution in [0, 0.1) is 5.92 Å². The summed E-state index contributed by atoms with van der Waals surface area (Å²) in [6.45, 7) is 7.73. The average Bonchev–Trinajstić information content (AvgIpc) is 2.79. The van der Waals surface area contributed by atoms with Crippen LogP contribution in [0.25, 0.3) is 0 Å². The fourth-order valence-electron chi connectivity index (χ4n) is 4.20. The van der Waals surface area contributed by atoms with Gasteiger partial charge in [0.1, 0.15) is 0 Å². The fraction of sp³-hybridized carbons (Fsp3) is 1.00. The van der Waals surface area contributed by atoms with Crippen molar-refractivity contribution in [1.82, 2.24) is 9.80 Å². The van der Waals surface area contributed by atoms with Gasteiger partial charge in [0.25, 0.3) is 0 Å². The van der Waals surface area contributed by atoms with Gasteiger partial charge in [-0.3, -0.25) is 9.80 Å². The molecule has 2 saturated heterocycles. The Balaban J connectivity index is 1.52. The molecule has 0 spiro atoms. The van der Waals surface area contributed by atoms with Gasteiger partial charge in [0, 0.05) is 37.8 Å². The van der Waals surface area contributed by atoms with Gasteiger partial charge in [-0.15, -0.1) is 0 Å². The summed E-state index contributed by atoms with van der Waals surface area (Å²) in [6, 6.07) is 2.12. The quantitative estimate of drug-likeness (QED) is 0.810. The summed E-state index contributed by atoms with van der Waals surface area (Å²) < 4.78 is 0. The number of piperazine rings is 1. The highest BCUT2D eigenvalue weighted by atomic mass is 15.3. The molecule has 18 heavy (non-hydrogen) atoms. The summed E-state index contributed by atoms with van der Waals surface area (Å²) >= 11 is 0. The number of fused-ring (bicyclic) bond motifs is 1. The third-order valence-corrected chi connectivity index (χ3v) is 5.45. The van der Waals surface area contributed by atoms with Crippen LogP contribution in [0.15, 0.2) is 0 Å². The molecule has 3 aliphatic rings. The van der Waals surface area contributed by atoms with E-state index in [2.05, 4.69) is 16.7 Å². The van der Waals surface area contributed by atoms with Crippen molar-refractivity contribution in [2.75, 3.05) is 26.2 Å². The number of nitrogens with two attached hydrogens (primary N) is 1. The van der Waals surface area contributed by atoms with Gasteiger partial charge in [-0.2, -0.15) is 0 Å². The third-order valence-electron chi connectivity index (χ3n) is 5.45. The lowest BCUT2D eigenvalue weighted by Crippen LogP contribution is -2.56. The van der Waals surface area contributed by atoms with Crippen LogP contribution in [0.3, 0.4) is 0 Å². The minimum absolute atomic E-state index is 0.491. The molecule has 3 fully saturated rings. The molecule has 1 aliphatic carbocycles. The minimum Gasteiger partial charge on any atom is -0.328 e. The van der Waals surface area contributed by atoms with E-state index in [1.807, 2.05) is 0 Å². The third kappa shape index (κ3) is 2.73. The second-order valence-electron chi connectivity index (χ2n) is 6.87. The maximum Gasteiger partial charge on any atom is 0.0224 e. The summed E-state index contributed by atoms with van der Waals surface area (Å²) in [7, 11) is 0. The lowest BCUT2D eigenvalue weighted by Gasteiger charge is -2.44. The Hall–Kier alpha value is -0.120. The van der Waals surface area contributed by atoms with Crippen LogP contribution in [-0.2, 0) is 0 Å². The SMILES string of the molecule is CC1CN2CCCC2CN1CC1CCC(N)CC1. The predicted molar refractivity (Wildman–Crippen MR) is 75.6 cm³/mol. The molecule has 0 amide bonds. The molecule has 104 valence electrons. The largest absolute Gasteiger partial charge is 0.328 e. The van der Waals surface area contributed by atoms with Gasteiger partial charge in [0.15, 0.2) is 0 Å². The Morgan fingerprint density at radius 3 is 2.61 bits per heavy atom. The van der Waals surface area contributed by atoms with E-state index in [-0.39, 0.29) is 0 Å². The van der Waals surface area contributed by atoms with Gasteiger partial charge < -0.3 is 5.73 Å². The van der Waals surface area contributed by atoms with Crippen LogP contribution in [0.5, 0.6) is 0 Å². The second kappa shape index (κ2) is 5.48. The highest BCUT2D eigenvalue weighted by molar-refractivity contribution is 4.91. The first-order valence-corrected chi connectivity index (χ1v) is 7.96. The van der Waals surface area contributed by atoms with E-state index in [1.165, 1.54) is 64.7 Å². The van der Waals surface area contributed by atoms with Gasteiger partial charge in [0.2, 0.25) is 0 Å². The van der Waals surface area contributed by atoms with Crippen LogP contribution in [0.4, 0.5) is 0 Å². The van der Waals surface area contributed by atoms with Crippen LogP contribution in [0.1, 0.15) is 45.4 Å². The molecule has 2 aliphatic heterocycles. The maximum atomic E-state index is 6.01. The molecule has 3 nitrogen and oxygen atoms in total. The van der Waals surface area contributed by atoms with Crippen molar-refractivity contribution in [3.63, 3.8) is 0 Å². The molecule has 0 aromatic rings. The molecule has 0 bridgehead atoms. The molecule has 0 aromatic heterocycles.